The predicted octanol–water partition coefficient (Wildman–Crippen LogP) is 4.09. The predicted molar refractivity (Wildman–Crippen MR) is 112 cm³/mol. The molecule has 0 atom stereocenters. The topological polar surface area (TPSA) is 97.4 Å². The molecule has 0 saturated carbocycles. The van der Waals surface area contributed by atoms with E-state index in [0.717, 1.165) is 0 Å². The van der Waals surface area contributed by atoms with Gasteiger partial charge in [-0.1, -0.05) is 43.4 Å². The molecule has 1 aromatic heterocycles. The second-order valence-corrected chi connectivity index (χ2v) is 9.32. The summed E-state index contributed by atoms with van der Waals surface area (Å²) in [6.07, 6.45) is 0.408. The number of anilines is 2. The van der Waals surface area contributed by atoms with Gasteiger partial charge >= 0.3 is 0 Å². The number of amides is 1. The smallest absolute Gasteiger partial charge is 0.263 e. The van der Waals surface area contributed by atoms with Crippen LogP contribution in [-0.2, 0) is 14.8 Å². The molecule has 3 aromatic rings. The minimum Gasteiger partial charge on any atom is -0.494 e. The van der Waals surface area contributed by atoms with E-state index < -0.39 is 10.0 Å². The van der Waals surface area contributed by atoms with Crippen LogP contribution >= 0.6 is 11.3 Å². The molecule has 0 aliphatic rings. The summed E-state index contributed by atoms with van der Waals surface area (Å²) in [4.78, 5) is 16.6. The van der Waals surface area contributed by atoms with Crippen molar-refractivity contribution in [2.45, 2.75) is 25.2 Å². The summed E-state index contributed by atoms with van der Waals surface area (Å²) in [5, 5.41) is 3.07. The van der Waals surface area contributed by atoms with Crippen molar-refractivity contribution in [1.29, 1.82) is 0 Å². The molecule has 0 spiro atoms. The fraction of sp³-hybridized carbons (Fsp3) is 0.263. The lowest BCUT2D eigenvalue weighted by Crippen LogP contribution is -2.13. The molecule has 3 rings (SSSR count). The number of sulfonamides is 1. The highest BCUT2D eigenvalue weighted by atomic mass is 32.2. The number of benzene rings is 2. The van der Waals surface area contributed by atoms with Gasteiger partial charge in [-0.3, -0.25) is 9.52 Å². The molecule has 0 bridgehead atoms. The number of rotatable bonds is 7. The molecule has 0 radical (unpaired) electrons. The first-order valence-corrected chi connectivity index (χ1v) is 10.9. The molecule has 7 nitrogen and oxygen atoms in total. The van der Waals surface area contributed by atoms with Gasteiger partial charge in [-0.15, -0.1) is 0 Å². The summed E-state index contributed by atoms with van der Waals surface area (Å²) < 4.78 is 33.6. The van der Waals surface area contributed by atoms with Gasteiger partial charge in [0.15, 0.2) is 5.13 Å². The zero-order valence-electron chi connectivity index (χ0n) is 15.7. The number of ether oxygens (including phenoxy) is 1. The number of nitrogens with one attached hydrogen (secondary N) is 2. The van der Waals surface area contributed by atoms with Gasteiger partial charge in [-0.25, -0.2) is 13.4 Å². The molecule has 148 valence electrons. The van der Waals surface area contributed by atoms with Crippen LogP contribution in [0.25, 0.3) is 10.2 Å². The summed E-state index contributed by atoms with van der Waals surface area (Å²) in [6.45, 7) is 3.94. The van der Waals surface area contributed by atoms with E-state index in [1.807, 2.05) is 13.8 Å². The number of aromatic nitrogens is 1. The molecule has 0 aliphatic heterocycles. The Bertz CT molecular complexity index is 1090. The maximum Gasteiger partial charge on any atom is 0.263 e. The quantitative estimate of drug-likeness (QED) is 0.601. The second-order valence-electron chi connectivity index (χ2n) is 6.61. The second kappa shape index (κ2) is 8.15. The highest BCUT2D eigenvalue weighted by molar-refractivity contribution is 7.93. The van der Waals surface area contributed by atoms with Crippen LogP contribution in [0, 0.1) is 5.92 Å². The number of nitrogens with zero attached hydrogens (tertiary/aromatic N) is 1. The molecule has 9 heteroatoms. The highest BCUT2D eigenvalue weighted by Crippen LogP contribution is 2.36. The molecule has 1 heterocycles. The van der Waals surface area contributed by atoms with E-state index in [1.54, 1.807) is 30.3 Å². The minimum atomic E-state index is -3.74. The van der Waals surface area contributed by atoms with Gasteiger partial charge in [-0.05, 0) is 24.1 Å². The third-order valence-electron chi connectivity index (χ3n) is 3.83. The zero-order valence-corrected chi connectivity index (χ0v) is 17.4. The van der Waals surface area contributed by atoms with Crippen LogP contribution < -0.4 is 14.8 Å². The Labute approximate surface area is 167 Å². The summed E-state index contributed by atoms with van der Waals surface area (Å²) in [5.74, 6) is 0.609. The van der Waals surface area contributed by atoms with Crippen LogP contribution in [0.15, 0.2) is 47.4 Å². The van der Waals surface area contributed by atoms with Crippen LogP contribution in [0.4, 0.5) is 10.8 Å². The van der Waals surface area contributed by atoms with E-state index in [0.29, 0.717) is 28.1 Å². The number of carbonyl (C=O) groups is 1. The van der Waals surface area contributed by atoms with Crippen LogP contribution in [0.3, 0.4) is 0 Å². The van der Waals surface area contributed by atoms with Crippen molar-refractivity contribution >= 4 is 48.3 Å². The summed E-state index contributed by atoms with van der Waals surface area (Å²) >= 11 is 1.17. The number of carbonyl (C=O) groups excluding carboxylic acids is 1. The number of hydrogen-bond acceptors (Lipinski definition) is 6. The van der Waals surface area contributed by atoms with E-state index in [-0.39, 0.29) is 21.9 Å². The maximum absolute atomic E-state index is 12.5. The molecule has 2 N–H and O–H groups in total. The third-order valence-corrected chi connectivity index (χ3v) is 6.23. The van der Waals surface area contributed by atoms with Crippen LogP contribution in [0.2, 0.25) is 0 Å². The fourth-order valence-corrected chi connectivity index (χ4v) is 4.81. The van der Waals surface area contributed by atoms with Gasteiger partial charge in [0.1, 0.15) is 11.3 Å². The fourth-order valence-electron chi connectivity index (χ4n) is 2.63. The minimum absolute atomic E-state index is 0.0917. The SMILES string of the molecule is COc1cc(NC(=O)CC(C)C)cc2sc(NS(=O)(=O)c3ccccc3)nc12. The van der Waals surface area contributed by atoms with Gasteiger partial charge in [0.05, 0.1) is 16.7 Å². The molecular formula is C19H21N3O4S2. The van der Waals surface area contributed by atoms with E-state index in [9.17, 15) is 13.2 Å². The Hall–Kier alpha value is -2.65. The van der Waals surface area contributed by atoms with Gasteiger partial charge in [0.2, 0.25) is 5.91 Å². The molecule has 0 saturated heterocycles. The largest absolute Gasteiger partial charge is 0.494 e. The monoisotopic (exact) mass is 419 g/mol. The first-order chi connectivity index (χ1) is 13.3. The Morgan fingerprint density at radius 1 is 1.21 bits per heavy atom. The standard InChI is InChI=1S/C19H21N3O4S2/c1-12(2)9-17(23)20-13-10-15(26-3)18-16(11-13)27-19(21-18)22-28(24,25)14-7-5-4-6-8-14/h4-8,10-12H,9H2,1-3H3,(H,20,23)(H,21,22). The van der Waals surface area contributed by atoms with Crippen molar-refractivity contribution in [3.05, 3.63) is 42.5 Å². The Morgan fingerprint density at radius 3 is 2.57 bits per heavy atom. The average molecular weight is 420 g/mol. The third kappa shape index (κ3) is 4.60. The van der Waals surface area contributed by atoms with Gasteiger partial charge in [-0.2, -0.15) is 0 Å². The van der Waals surface area contributed by atoms with E-state index in [1.165, 1.54) is 30.6 Å². The van der Waals surface area contributed by atoms with Crippen LogP contribution in [0.5, 0.6) is 5.75 Å². The van der Waals surface area contributed by atoms with Gasteiger partial charge in [0.25, 0.3) is 10.0 Å². The van der Waals surface area contributed by atoms with Crippen molar-refractivity contribution in [1.82, 2.24) is 4.98 Å². The number of hydrogen-bond donors (Lipinski definition) is 2. The average Bonchev–Trinajstić information content (AvgIpc) is 3.02. The summed E-state index contributed by atoms with van der Waals surface area (Å²) in [6, 6.07) is 11.5. The first-order valence-electron chi connectivity index (χ1n) is 8.65. The molecule has 0 unspecified atom stereocenters. The van der Waals surface area contributed by atoms with Crippen molar-refractivity contribution in [2.24, 2.45) is 5.92 Å². The van der Waals surface area contributed by atoms with Gasteiger partial charge < -0.3 is 10.1 Å². The zero-order chi connectivity index (χ0) is 20.3. The number of methoxy groups -OCH3 is 1. The molecule has 28 heavy (non-hydrogen) atoms. The van der Waals surface area contributed by atoms with Crippen LogP contribution in [-0.4, -0.2) is 26.4 Å². The van der Waals surface area contributed by atoms with Crippen molar-refractivity contribution in [3.63, 3.8) is 0 Å². The summed E-state index contributed by atoms with van der Waals surface area (Å²) in [5.41, 5.74) is 1.11. The van der Waals surface area contributed by atoms with Crippen molar-refractivity contribution < 1.29 is 17.9 Å². The lowest BCUT2D eigenvalue weighted by Gasteiger charge is -2.09. The van der Waals surface area contributed by atoms with Gasteiger partial charge in [0, 0.05) is 18.2 Å². The number of fused-ring (bicyclic) bond motifs is 1. The van der Waals surface area contributed by atoms with Crippen LogP contribution in [0.1, 0.15) is 20.3 Å². The van der Waals surface area contributed by atoms with E-state index in [4.69, 9.17) is 4.74 Å². The Morgan fingerprint density at radius 2 is 1.93 bits per heavy atom. The highest BCUT2D eigenvalue weighted by Gasteiger charge is 2.18. The Balaban J connectivity index is 1.91. The first kappa shape index (κ1) is 20.1. The van der Waals surface area contributed by atoms with E-state index in [2.05, 4.69) is 15.0 Å². The molecule has 2 aromatic carbocycles. The summed E-state index contributed by atoms with van der Waals surface area (Å²) in [7, 11) is -2.23. The maximum atomic E-state index is 12.5. The molecule has 1 amide bonds. The normalized spacial score (nSPS) is 11.6. The molecular weight excluding hydrogens is 398 g/mol. The lowest BCUT2D eigenvalue weighted by molar-refractivity contribution is -0.116. The molecule has 0 fully saturated rings. The molecule has 0 aliphatic carbocycles. The lowest BCUT2D eigenvalue weighted by atomic mass is 10.1. The Kier molecular flexibility index (Phi) is 5.85. The van der Waals surface area contributed by atoms with Crippen molar-refractivity contribution in [3.8, 4) is 5.75 Å². The van der Waals surface area contributed by atoms with Crippen molar-refractivity contribution in [2.75, 3.05) is 17.1 Å². The number of thiazole rings is 1. The van der Waals surface area contributed by atoms with E-state index >= 15 is 0 Å².